The number of amides is 1. The summed E-state index contributed by atoms with van der Waals surface area (Å²) in [7, 11) is 0. The zero-order chi connectivity index (χ0) is 14.7. The van der Waals surface area contributed by atoms with Crippen LogP contribution < -0.4 is 5.32 Å². The first-order valence-electron chi connectivity index (χ1n) is 6.68. The molecule has 0 spiro atoms. The molecule has 1 heterocycles. The van der Waals surface area contributed by atoms with Crippen molar-refractivity contribution in [3.05, 3.63) is 59.1 Å². The lowest BCUT2D eigenvalue weighted by atomic mass is 10.0. The van der Waals surface area contributed by atoms with Gasteiger partial charge in [-0.2, -0.15) is 0 Å². The van der Waals surface area contributed by atoms with Gasteiger partial charge >= 0.3 is 6.09 Å². The maximum Gasteiger partial charge on any atom is 0.407 e. The van der Waals surface area contributed by atoms with Crippen LogP contribution >= 0.6 is 23.4 Å². The lowest BCUT2D eigenvalue weighted by Gasteiger charge is -2.25. The predicted molar refractivity (Wildman–Crippen MR) is 83.9 cm³/mol. The van der Waals surface area contributed by atoms with Crippen LogP contribution in [0.3, 0.4) is 0 Å². The summed E-state index contributed by atoms with van der Waals surface area (Å²) in [6.07, 6.45) is 0.432. The van der Waals surface area contributed by atoms with Gasteiger partial charge in [-0.25, -0.2) is 4.79 Å². The smallest absolute Gasteiger partial charge is 0.407 e. The average Bonchev–Trinajstić information content (AvgIpc) is 2.50. The number of hydrogen-bond acceptors (Lipinski definition) is 3. The van der Waals surface area contributed by atoms with Gasteiger partial charge in [0.05, 0.1) is 12.6 Å². The lowest BCUT2D eigenvalue weighted by Crippen LogP contribution is -2.35. The van der Waals surface area contributed by atoms with Crippen LogP contribution in [0.2, 0.25) is 5.02 Å². The fraction of sp³-hybridized carbons (Fsp3) is 0.188. The van der Waals surface area contributed by atoms with Crippen molar-refractivity contribution >= 4 is 29.5 Å². The molecule has 1 aliphatic heterocycles. The van der Waals surface area contributed by atoms with Crippen LogP contribution in [0, 0.1) is 0 Å². The van der Waals surface area contributed by atoms with Crippen molar-refractivity contribution in [3.63, 3.8) is 0 Å². The molecule has 0 radical (unpaired) electrons. The molecule has 1 aliphatic rings. The molecule has 1 saturated heterocycles. The Morgan fingerprint density at radius 1 is 1.14 bits per heavy atom. The minimum atomic E-state index is -0.349. The Balaban J connectivity index is 1.85. The van der Waals surface area contributed by atoms with Crippen molar-refractivity contribution in [3.8, 4) is 0 Å². The van der Waals surface area contributed by atoms with Crippen LogP contribution in [-0.4, -0.2) is 12.7 Å². The van der Waals surface area contributed by atoms with E-state index >= 15 is 0 Å². The van der Waals surface area contributed by atoms with Gasteiger partial charge in [-0.1, -0.05) is 41.6 Å². The van der Waals surface area contributed by atoms with Crippen LogP contribution in [0.15, 0.2) is 58.3 Å². The van der Waals surface area contributed by atoms with Gasteiger partial charge in [0.15, 0.2) is 0 Å². The summed E-state index contributed by atoms with van der Waals surface area (Å²) in [5, 5.41) is 3.60. The van der Waals surface area contributed by atoms with Gasteiger partial charge < -0.3 is 10.1 Å². The van der Waals surface area contributed by atoms with E-state index in [-0.39, 0.29) is 12.1 Å². The quantitative estimate of drug-likeness (QED) is 0.894. The third kappa shape index (κ3) is 3.52. The molecule has 0 bridgehead atoms. The van der Waals surface area contributed by atoms with Crippen molar-refractivity contribution in [2.45, 2.75) is 22.3 Å². The number of rotatable bonds is 3. The molecular formula is C16H14ClNO2S. The molecule has 1 fully saturated rings. The summed E-state index contributed by atoms with van der Waals surface area (Å²) in [5.41, 5.74) is 1.12. The number of nitrogens with one attached hydrogen (secondary N) is 1. The summed E-state index contributed by atoms with van der Waals surface area (Å²) < 4.78 is 4.93. The molecule has 5 heteroatoms. The molecule has 1 N–H and O–H groups in total. The highest BCUT2D eigenvalue weighted by atomic mass is 35.5. The van der Waals surface area contributed by atoms with Crippen LogP contribution in [0.25, 0.3) is 0 Å². The molecule has 2 aromatic rings. The molecule has 2 aromatic carbocycles. The second-order valence-corrected chi connectivity index (χ2v) is 6.27. The van der Waals surface area contributed by atoms with Gasteiger partial charge in [0.25, 0.3) is 0 Å². The number of benzene rings is 2. The van der Waals surface area contributed by atoms with Gasteiger partial charge in [-0.15, -0.1) is 0 Å². The fourth-order valence-electron chi connectivity index (χ4n) is 2.25. The molecule has 21 heavy (non-hydrogen) atoms. The van der Waals surface area contributed by atoms with E-state index in [1.807, 2.05) is 36.4 Å². The van der Waals surface area contributed by atoms with Crippen LogP contribution in [0.5, 0.6) is 0 Å². The number of ether oxygens (including phenoxy) is 1. The lowest BCUT2D eigenvalue weighted by molar-refractivity contribution is 0.115. The Kier molecular flexibility index (Phi) is 4.36. The number of hydrogen-bond donors (Lipinski definition) is 1. The van der Waals surface area contributed by atoms with Crippen molar-refractivity contribution in [2.75, 3.05) is 6.61 Å². The van der Waals surface area contributed by atoms with Crippen molar-refractivity contribution in [1.82, 2.24) is 5.32 Å². The SMILES string of the molecule is O=C1N[C@H](c2ccccc2Sc2ccc(Cl)cc2)CCO1. The Hall–Kier alpha value is -1.65. The Bertz CT molecular complexity index is 645. The third-order valence-corrected chi connectivity index (χ3v) is 4.62. The van der Waals surface area contributed by atoms with E-state index in [9.17, 15) is 4.79 Å². The van der Waals surface area contributed by atoms with Crippen LogP contribution in [0.1, 0.15) is 18.0 Å². The fourth-order valence-corrected chi connectivity index (χ4v) is 3.38. The minimum absolute atomic E-state index is 0.00208. The topological polar surface area (TPSA) is 38.3 Å². The minimum Gasteiger partial charge on any atom is -0.449 e. The second-order valence-electron chi connectivity index (χ2n) is 4.72. The van der Waals surface area contributed by atoms with E-state index in [0.717, 1.165) is 26.8 Å². The van der Waals surface area contributed by atoms with Gasteiger partial charge in [-0.05, 0) is 35.9 Å². The van der Waals surface area contributed by atoms with Gasteiger partial charge in [-0.3, -0.25) is 0 Å². The molecule has 0 aliphatic carbocycles. The predicted octanol–water partition coefficient (Wildman–Crippen LogP) is 4.66. The van der Waals surface area contributed by atoms with Crippen molar-refractivity contribution < 1.29 is 9.53 Å². The van der Waals surface area contributed by atoms with Gasteiger partial charge in [0.2, 0.25) is 0 Å². The highest BCUT2D eigenvalue weighted by Crippen LogP contribution is 2.35. The standard InChI is InChI=1S/C16H14ClNO2S/c17-11-5-7-12(8-6-11)21-15-4-2-1-3-13(15)14-9-10-20-16(19)18-14/h1-8,14H,9-10H2,(H,18,19)/t14-/m0/s1. The van der Waals surface area contributed by atoms with E-state index in [0.29, 0.717) is 6.61 Å². The Morgan fingerprint density at radius 3 is 2.67 bits per heavy atom. The number of cyclic esters (lactones) is 1. The number of carbonyl (C=O) groups excluding carboxylic acids is 1. The molecular weight excluding hydrogens is 306 g/mol. The van der Waals surface area contributed by atoms with Crippen molar-refractivity contribution in [2.24, 2.45) is 0 Å². The van der Waals surface area contributed by atoms with E-state index in [1.165, 1.54) is 0 Å². The normalized spacial score (nSPS) is 18.0. The molecule has 0 unspecified atom stereocenters. The van der Waals surface area contributed by atoms with Gasteiger partial charge in [0, 0.05) is 21.2 Å². The summed E-state index contributed by atoms with van der Waals surface area (Å²) in [6.45, 7) is 0.455. The maximum absolute atomic E-state index is 11.4. The molecule has 3 nitrogen and oxygen atoms in total. The average molecular weight is 320 g/mol. The highest BCUT2D eigenvalue weighted by molar-refractivity contribution is 7.99. The molecule has 1 amide bonds. The number of alkyl carbamates (subject to hydrolysis) is 1. The number of halogens is 1. The molecule has 0 aromatic heterocycles. The first kappa shape index (κ1) is 14.3. The summed E-state index contributed by atoms with van der Waals surface area (Å²) in [6, 6.07) is 15.8. The molecule has 1 atom stereocenters. The van der Waals surface area contributed by atoms with E-state index < -0.39 is 0 Å². The number of carbonyl (C=O) groups is 1. The molecule has 3 rings (SSSR count). The van der Waals surface area contributed by atoms with Crippen LogP contribution in [0.4, 0.5) is 4.79 Å². The zero-order valence-electron chi connectivity index (χ0n) is 11.2. The van der Waals surface area contributed by atoms with E-state index in [2.05, 4.69) is 17.4 Å². The Labute approximate surface area is 132 Å². The Morgan fingerprint density at radius 2 is 1.90 bits per heavy atom. The summed E-state index contributed by atoms with van der Waals surface area (Å²) in [4.78, 5) is 13.6. The van der Waals surface area contributed by atoms with Crippen LogP contribution in [-0.2, 0) is 4.74 Å². The van der Waals surface area contributed by atoms with E-state index in [1.54, 1.807) is 11.8 Å². The first-order valence-corrected chi connectivity index (χ1v) is 7.87. The van der Waals surface area contributed by atoms with Crippen molar-refractivity contribution in [1.29, 1.82) is 0 Å². The largest absolute Gasteiger partial charge is 0.449 e. The zero-order valence-corrected chi connectivity index (χ0v) is 12.8. The highest BCUT2D eigenvalue weighted by Gasteiger charge is 2.22. The third-order valence-electron chi connectivity index (χ3n) is 3.27. The first-order chi connectivity index (χ1) is 10.2. The summed E-state index contributed by atoms with van der Waals surface area (Å²) >= 11 is 7.58. The molecule has 0 saturated carbocycles. The second kappa shape index (κ2) is 6.41. The van der Waals surface area contributed by atoms with E-state index in [4.69, 9.17) is 16.3 Å². The maximum atomic E-state index is 11.4. The monoisotopic (exact) mass is 319 g/mol. The summed E-state index contributed by atoms with van der Waals surface area (Å²) in [5.74, 6) is 0. The molecule has 108 valence electrons. The van der Waals surface area contributed by atoms with Gasteiger partial charge in [0.1, 0.15) is 0 Å².